The monoisotopic (exact) mass is 287 g/mol. The minimum Gasteiger partial charge on any atom is -0.308 e. The van der Waals surface area contributed by atoms with Gasteiger partial charge in [-0.25, -0.2) is 0 Å². The Morgan fingerprint density at radius 3 is 2.94 bits per heavy atom. The Morgan fingerprint density at radius 2 is 2.35 bits per heavy atom. The van der Waals surface area contributed by atoms with E-state index in [1.165, 1.54) is 29.2 Å². The number of hydrogen-bond acceptors (Lipinski definition) is 4. The van der Waals surface area contributed by atoms with Crippen molar-refractivity contribution in [2.75, 3.05) is 23.8 Å². The lowest BCUT2D eigenvalue weighted by Crippen LogP contribution is -2.34. The quantitative estimate of drug-likeness (QED) is 0.881. The van der Waals surface area contributed by atoms with Crippen molar-refractivity contribution in [2.45, 2.75) is 31.6 Å². The molecule has 2 rings (SSSR count). The fourth-order valence-corrected chi connectivity index (χ4v) is 6.10. The summed E-state index contributed by atoms with van der Waals surface area (Å²) in [6.45, 7) is 5.62. The van der Waals surface area contributed by atoms with Crippen molar-refractivity contribution >= 4 is 34.9 Å². The van der Waals surface area contributed by atoms with Gasteiger partial charge in [0.05, 0.1) is 6.04 Å². The van der Waals surface area contributed by atoms with Gasteiger partial charge in [0.2, 0.25) is 0 Å². The summed E-state index contributed by atoms with van der Waals surface area (Å²) < 4.78 is 0. The van der Waals surface area contributed by atoms with Crippen molar-refractivity contribution in [1.29, 1.82) is 0 Å². The largest absolute Gasteiger partial charge is 0.308 e. The smallest absolute Gasteiger partial charge is 0.0546 e. The van der Waals surface area contributed by atoms with E-state index in [0.717, 1.165) is 11.8 Å². The van der Waals surface area contributed by atoms with Gasteiger partial charge in [-0.1, -0.05) is 6.92 Å². The molecule has 0 aliphatic carbocycles. The van der Waals surface area contributed by atoms with Crippen molar-refractivity contribution in [3.8, 4) is 0 Å². The molecule has 0 radical (unpaired) electrons. The van der Waals surface area contributed by atoms with Gasteiger partial charge in [-0.05, 0) is 36.9 Å². The first-order chi connectivity index (χ1) is 8.33. The second-order valence-electron chi connectivity index (χ2n) is 4.38. The molecular weight excluding hydrogens is 266 g/mol. The van der Waals surface area contributed by atoms with Crippen LogP contribution in [-0.4, -0.2) is 29.1 Å². The van der Waals surface area contributed by atoms with E-state index in [2.05, 4.69) is 54.1 Å². The summed E-state index contributed by atoms with van der Waals surface area (Å²) in [5, 5.41) is 6.73. The molecule has 1 nitrogen and oxygen atoms in total. The standard InChI is InChI=1S/C13H21NS3/c1-3-5-14-12(11-9-15-7-8-16-11)13-10(2)4-6-17-13/h4,6,11-12,14H,3,5,7-9H2,1-2H3. The van der Waals surface area contributed by atoms with Gasteiger partial charge >= 0.3 is 0 Å². The van der Waals surface area contributed by atoms with Gasteiger partial charge in [-0.2, -0.15) is 23.5 Å². The highest BCUT2D eigenvalue weighted by molar-refractivity contribution is 8.06. The molecular formula is C13H21NS3. The molecule has 96 valence electrons. The molecule has 1 N–H and O–H groups in total. The number of aryl methyl sites for hydroxylation is 1. The third-order valence-corrected chi connectivity index (χ3v) is 6.98. The first-order valence-corrected chi connectivity index (χ1v) is 9.38. The third-order valence-electron chi connectivity index (χ3n) is 3.01. The van der Waals surface area contributed by atoms with E-state index in [9.17, 15) is 0 Å². The molecule has 2 atom stereocenters. The van der Waals surface area contributed by atoms with Crippen LogP contribution in [0, 0.1) is 6.92 Å². The van der Waals surface area contributed by atoms with Crippen molar-refractivity contribution in [2.24, 2.45) is 0 Å². The van der Waals surface area contributed by atoms with Gasteiger partial charge in [0.25, 0.3) is 0 Å². The Hall–Kier alpha value is 0.360. The molecule has 0 amide bonds. The zero-order valence-electron chi connectivity index (χ0n) is 10.6. The van der Waals surface area contributed by atoms with Crippen molar-refractivity contribution in [3.05, 3.63) is 21.9 Å². The van der Waals surface area contributed by atoms with E-state index < -0.39 is 0 Å². The molecule has 0 spiro atoms. The normalized spacial score (nSPS) is 22.6. The maximum absolute atomic E-state index is 3.76. The zero-order valence-corrected chi connectivity index (χ0v) is 13.0. The van der Waals surface area contributed by atoms with E-state index in [4.69, 9.17) is 0 Å². The third kappa shape index (κ3) is 3.66. The molecule has 1 aromatic rings. The lowest BCUT2D eigenvalue weighted by molar-refractivity contribution is 0.535. The molecule has 2 unspecified atom stereocenters. The molecule has 1 aromatic heterocycles. The average molecular weight is 288 g/mol. The Bertz CT molecular complexity index is 331. The van der Waals surface area contributed by atoms with Crippen molar-refractivity contribution in [1.82, 2.24) is 5.32 Å². The highest BCUT2D eigenvalue weighted by Gasteiger charge is 2.27. The minimum atomic E-state index is 0.563. The van der Waals surface area contributed by atoms with E-state index in [-0.39, 0.29) is 0 Å². The van der Waals surface area contributed by atoms with Crippen LogP contribution >= 0.6 is 34.9 Å². The second-order valence-corrected chi connectivity index (χ2v) is 7.83. The zero-order chi connectivity index (χ0) is 12.1. The highest BCUT2D eigenvalue weighted by Crippen LogP contribution is 2.36. The second kappa shape index (κ2) is 7.07. The molecule has 1 saturated heterocycles. The van der Waals surface area contributed by atoms with Crippen molar-refractivity contribution in [3.63, 3.8) is 0 Å². The van der Waals surface area contributed by atoms with Crippen LogP contribution in [0.4, 0.5) is 0 Å². The van der Waals surface area contributed by atoms with Crippen molar-refractivity contribution < 1.29 is 0 Å². The van der Waals surface area contributed by atoms with Crippen LogP contribution in [0.25, 0.3) is 0 Å². The Labute approximate surface area is 117 Å². The van der Waals surface area contributed by atoms with E-state index in [1.807, 2.05) is 11.3 Å². The molecule has 4 heteroatoms. The summed E-state index contributed by atoms with van der Waals surface area (Å²) in [6, 6.07) is 2.81. The maximum atomic E-state index is 3.76. The Morgan fingerprint density at radius 1 is 1.47 bits per heavy atom. The van der Waals surface area contributed by atoms with Crippen LogP contribution < -0.4 is 5.32 Å². The lowest BCUT2D eigenvalue weighted by Gasteiger charge is -2.30. The molecule has 1 aliphatic rings. The number of nitrogens with one attached hydrogen (secondary N) is 1. The molecule has 0 aromatic carbocycles. The Kier molecular flexibility index (Phi) is 5.74. The average Bonchev–Trinajstić information content (AvgIpc) is 2.78. The van der Waals surface area contributed by atoms with Gasteiger partial charge in [-0.15, -0.1) is 11.3 Å². The Balaban J connectivity index is 2.09. The minimum absolute atomic E-state index is 0.563. The van der Waals surface area contributed by atoms with Gasteiger partial charge in [0.15, 0.2) is 0 Å². The van der Waals surface area contributed by atoms with Gasteiger partial charge in [0, 0.05) is 27.4 Å². The van der Waals surface area contributed by atoms with Crippen LogP contribution in [0.2, 0.25) is 0 Å². The fourth-order valence-electron chi connectivity index (χ4n) is 2.09. The predicted octanol–water partition coefficient (Wildman–Crippen LogP) is 3.95. The summed E-state index contributed by atoms with van der Waals surface area (Å²) in [7, 11) is 0. The molecule has 2 heterocycles. The summed E-state index contributed by atoms with van der Waals surface area (Å²) in [5.41, 5.74) is 1.46. The van der Waals surface area contributed by atoms with Crippen LogP contribution in [0.3, 0.4) is 0 Å². The molecule has 0 saturated carbocycles. The summed E-state index contributed by atoms with van der Waals surface area (Å²) in [4.78, 5) is 1.55. The number of thiophene rings is 1. The summed E-state index contributed by atoms with van der Waals surface area (Å²) in [6.07, 6.45) is 1.21. The van der Waals surface area contributed by atoms with Gasteiger partial charge < -0.3 is 5.32 Å². The number of hydrogen-bond donors (Lipinski definition) is 1. The first kappa shape index (κ1) is 13.8. The van der Waals surface area contributed by atoms with E-state index in [1.54, 1.807) is 4.88 Å². The summed E-state index contributed by atoms with van der Waals surface area (Å²) in [5.74, 6) is 3.93. The van der Waals surface area contributed by atoms with E-state index >= 15 is 0 Å². The lowest BCUT2D eigenvalue weighted by atomic mass is 10.1. The predicted molar refractivity (Wildman–Crippen MR) is 83.7 cm³/mol. The number of thioether (sulfide) groups is 2. The SMILES string of the molecule is CCCNC(c1sccc1C)C1CSCCS1. The van der Waals surface area contributed by atoms with Crippen LogP contribution in [0.15, 0.2) is 11.4 Å². The molecule has 1 aliphatic heterocycles. The topological polar surface area (TPSA) is 12.0 Å². The van der Waals surface area contributed by atoms with Crippen LogP contribution in [-0.2, 0) is 0 Å². The fraction of sp³-hybridized carbons (Fsp3) is 0.692. The van der Waals surface area contributed by atoms with Crippen LogP contribution in [0.5, 0.6) is 0 Å². The molecule has 1 fully saturated rings. The first-order valence-electron chi connectivity index (χ1n) is 6.29. The number of rotatable bonds is 5. The van der Waals surface area contributed by atoms with Gasteiger partial charge in [0.1, 0.15) is 0 Å². The molecule has 17 heavy (non-hydrogen) atoms. The molecule has 0 bridgehead atoms. The summed E-state index contributed by atoms with van der Waals surface area (Å²) >= 11 is 6.18. The van der Waals surface area contributed by atoms with Gasteiger partial charge in [-0.3, -0.25) is 0 Å². The maximum Gasteiger partial charge on any atom is 0.0546 e. The highest BCUT2D eigenvalue weighted by atomic mass is 32.2. The van der Waals surface area contributed by atoms with Crippen LogP contribution in [0.1, 0.15) is 29.8 Å². The van der Waals surface area contributed by atoms with E-state index in [0.29, 0.717) is 6.04 Å².